The van der Waals surface area contributed by atoms with Crippen molar-refractivity contribution < 1.29 is 0 Å². The first-order chi connectivity index (χ1) is 6.09. The summed E-state index contributed by atoms with van der Waals surface area (Å²) < 4.78 is 0. The predicted octanol–water partition coefficient (Wildman–Crippen LogP) is 1.75. The maximum atomic E-state index is 5.75. The Balaban J connectivity index is 2.17. The van der Waals surface area contributed by atoms with E-state index >= 15 is 0 Å². The lowest BCUT2D eigenvalue weighted by Crippen LogP contribution is -2.46. The molecular formula is C11H24N2. The van der Waals surface area contributed by atoms with Crippen LogP contribution < -0.4 is 11.1 Å². The molecule has 1 rings (SSSR count). The molecule has 0 spiro atoms. The fraction of sp³-hybridized carbons (Fsp3) is 1.00. The first kappa shape index (κ1) is 11.0. The van der Waals surface area contributed by atoms with Gasteiger partial charge < -0.3 is 11.1 Å². The summed E-state index contributed by atoms with van der Waals surface area (Å²) in [4.78, 5) is 0. The maximum Gasteiger partial charge on any atom is 0.00723 e. The molecule has 1 saturated carbocycles. The van der Waals surface area contributed by atoms with Gasteiger partial charge >= 0.3 is 0 Å². The van der Waals surface area contributed by atoms with E-state index in [-0.39, 0.29) is 0 Å². The Morgan fingerprint density at radius 3 is 2.46 bits per heavy atom. The monoisotopic (exact) mass is 184 g/mol. The van der Waals surface area contributed by atoms with Gasteiger partial charge in [0.2, 0.25) is 0 Å². The van der Waals surface area contributed by atoms with Crippen molar-refractivity contribution in [1.29, 1.82) is 0 Å². The minimum absolute atomic E-state index is 0.304. The van der Waals surface area contributed by atoms with Crippen molar-refractivity contribution >= 4 is 0 Å². The number of hydrogen-bond acceptors (Lipinski definition) is 2. The average Bonchev–Trinajstić information content (AvgIpc) is 2.10. The Hall–Kier alpha value is -0.0800. The van der Waals surface area contributed by atoms with Gasteiger partial charge in [0.05, 0.1) is 0 Å². The molecule has 0 radical (unpaired) electrons. The molecule has 0 aromatic rings. The molecule has 3 N–H and O–H groups in total. The SMILES string of the molecule is CCC(C)(CN)CNC1CC(C)C1. The van der Waals surface area contributed by atoms with E-state index in [1.54, 1.807) is 0 Å². The van der Waals surface area contributed by atoms with Crippen molar-refractivity contribution in [3.8, 4) is 0 Å². The highest BCUT2D eigenvalue weighted by molar-refractivity contribution is 4.85. The van der Waals surface area contributed by atoms with Crippen molar-refractivity contribution in [2.24, 2.45) is 17.1 Å². The molecule has 78 valence electrons. The summed E-state index contributed by atoms with van der Waals surface area (Å²) in [7, 11) is 0. The van der Waals surface area contributed by atoms with Crippen LogP contribution in [0.2, 0.25) is 0 Å². The average molecular weight is 184 g/mol. The van der Waals surface area contributed by atoms with E-state index in [0.29, 0.717) is 5.41 Å². The summed E-state index contributed by atoms with van der Waals surface area (Å²) in [6.45, 7) is 8.68. The quantitative estimate of drug-likeness (QED) is 0.683. The summed E-state index contributed by atoms with van der Waals surface area (Å²) in [6, 6.07) is 0.771. The molecule has 0 saturated heterocycles. The van der Waals surface area contributed by atoms with E-state index in [0.717, 1.165) is 25.0 Å². The highest BCUT2D eigenvalue weighted by Crippen LogP contribution is 2.27. The molecule has 1 aliphatic carbocycles. The largest absolute Gasteiger partial charge is 0.330 e. The molecule has 1 unspecified atom stereocenters. The summed E-state index contributed by atoms with van der Waals surface area (Å²) in [5, 5.41) is 3.61. The highest BCUT2D eigenvalue weighted by atomic mass is 14.9. The smallest absolute Gasteiger partial charge is 0.00723 e. The predicted molar refractivity (Wildman–Crippen MR) is 57.6 cm³/mol. The van der Waals surface area contributed by atoms with Crippen LogP contribution in [0.1, 0.15) is 40.0 Å². The van der Waals surface area contributed by atoms with E-state index in [1.807, 2.05) is 0 Å². The van der Waals surface area contributed by atoms with Gasteiger partial charge in [-0.1, -0.05) is 20.8 Å². The van der Waals surface area contributed by atoms with E-state index in [1.165, 1.54) is 19.3 Å². The summed E-state index contributed by atoms with van der Waals surface area (Å²) in [5.41, 5.74) is 6.05. The first-order valence-electron chi connectivity index (χ1n) is 5.53. The van der Waals surface area contributed by atoms with Crippen LogP contribution in [0.25, 0.3) is 0 Å². The van der Waals surface area contributed by atoms with Crippen LogP contribution in [0.4, 0.5) is 0 Å². The molecule has 0 heterocycles. The van der Waals surface area contributed by atoms with Crippen LogP contribution >= 0.6 is 0 Å². The van der Waals surface area contributed by atoms with Gasteiger partial charge in [0.1, 0.15) is 0 Å². The van der Waals surface area contributed by atoms with Crippen molar-refractivity contribution in [3.63, 3.8) is 0 Å². The first-order valence-corrected chi connectivity index (χ1v) is 5.53. The zero-order valence-corrected chi connectivity index (χ0v) is 9.27. The normalized spacial score (nSPS) is 32.3. The van der Waals surface area contributed by atoms with Gasteiger partial charge in [0.25, 0.3) is 0 Å². The van der Waals surface area contributed by atoms with Crippen LogP contribution in [-0.2, 0) is 0 Å². The third-order valence-corrected chi connectivity index (χ3v) is 3.54. The van der Waals surface area contributed by atoms with Crippen molar-refractivity contribution in [2.45, 2.75) is 46.1 Å². The number of hydrogen-bond donors (Lipinski definition) is 2. The van der Waals surface area contributed by atoms with Crippen LogP contribution in [0.15, 0.2) is 0 Å². The number of nitrogens with two attached hydrogens (primary N) is 1. The molecule has 1 aliphatic rings. The minimum Gasteiger partial charge on any atom is -0.330 e. The van der Waals surface area contributed by atoms with Gasteiger partial charge in [-0.05, 0) is 37.1 Å². The fourth-order valence-electron chi connectivity index (χ4n) is 1.80. The second kappa shape index (κ2) is 4.43. The zero-order valence-electron chi connectivity index (χ0n) is 9.27. The molecular weight excluding hydrogens is 160 g/mol. The molecule has 0 aromatic carbocycles. The van der Waals surface area contributed by atoms with Crippen molar-refractivity contribution in [3.05, 3.63) is 0 Å². The van der Waals surface area contributed by atoms with Gasteiger partial charge in [-0.15, -0.1) is 0 Å². The third-order valence-electron chi connectivity index (χ3n) is 3.54. The van der Waals surface area contributed by atoms with Crippen LogP contribution in [0.3, 0.4) is 0 Å². The Morgan fingerprint density at radius 1 is 1.46 bits per heavy atom. The van der Waals surface area contributed by atoms with Gasteiger partial charge in [-0.25, -0.2) is 0 Å². The second-order valence-corrected chi connectivity index (χ2v) is 5.02. The fourth-order valence-corrected chi connectivity index (χ4v) is 1.80. The summed E-state index contributed by atoms with van der Waals surface area (Å²) in [6.07, 6.45) is 3.87. The number of nitrogens with one attached hydrogen (secondary N) is 1. The van der Waals surface area contributed by atoms with Crippen molar-refractivity contribution in [1.82, 2.24) is 5.32 Å². The lowest BCUT2D eigenvalue weighted by molar-refractivity contribution is 0.203. The molecule has 13 heavy (non-hydrogen) atoms. The lowest BCUT2D eigenvalue weighted by atomic mass is 9.80. The number of rotatable bonds is 5. The van der Waals surface area contributed by atoms with Gasteiger partial charge in [-0.3, -0.25) is 0 Å². The molecule has 1 atom stereocenters. The van der Waals surface area contributed by atoms with E-state index in [2.05, 4.69) is 26.1 Å². The molecule has 2 heteroatoms. The van der Waals surface area contributed by atoms with E-state index in [4.69, 9.17) is 5.73 Å². The van der Waals surface area contributed by atoms with Gasteiger partial charge in [0, 0.05) is 12.6 Å². The van der Waals surface area contributed by atoms with Crippen molar-refractivity contribution in [2.75, 3.05) is 13.1 Å². The zero-order chi connectivity index (χ0) is 9.90. The van der Waals surface area contributed by atoms with E-state index in [9.17, 15) is 0 Å². The Labute approximate surface area is 82.3 Å². The van der Waals surface area contributed by atoms with Crippen LogP contribution in [0, 0.1) is 11.3 Å². The summed E-state index contributed by atoms with van der Waals surface area (Å²) >= 11 is 0. The Bertz CT molecular complexity index is 146. The second-order valence-electron chi connectivity index (χ2n) is 5.02. The standard InChI is InChI=1S/C11H24N2/c1-4-11(3,7-12)8-13-10-5-9(2)6-10/h9-10,13H,4-8,12H2,1-3H3. The molecule has 0 aromatic heterocycles. The topological polar surface area (TPSA) is 38.0 Å². The molecule has 0 bridgehead atoms. The molecule has 0 amide bonds. The van der Waals surface area contributed by atoms with Crippen LogP contribution in [0.5, 0.6) is 0 Å². The Morgan fingerprint density at radius 2 is 2.08 bits per heavy atom. The van der Waals surface area contributed by atoms with E-state index < -0.39 is 0 Å². The Kier molecular flexibility index (Phi) is 3.74. The lowest BCUT2D eigenvalue weighted by Gasteiger charge is -2.37. The van der Waals surface area contributed by atoms with Gasteiger partial charge in [0.15, 0.2) is 0 Å². The molecule has 1 fully saturated rings. The van der Waals surface area contributed by atoms with Gasteiger partial charge in [-0.2, -0.15) is 0 Å². The minimum atomic E-state index is 0.304. The third kappa shape index (κ3) is 2.96. The maximum absolute atomic E-state index is 5.75. The highest BCUT2D eigenvalue weighted by Gasteiger charge is 2.27. The van der Waals surface area contributed by atoms with Crippen LogP contribution in [-0.4, -0.2) is 19.1 Å². The summed E-state index contributed by atoms with van der Waals surface area (Å²) in [5.74, 6) is 0.934. The molecule has 2 nitrogen and oxygen atoms in total. The molecule has 0 aliphatic heterocycles.